The maximum atomic E-state index is 11.9. The molecule has 0 aromatic heterocycles. The number of hydrogen-bond donors (Lipinski definition) is 2. The molecule has 1 aliphatic rings. The van der Waals surface area contributed by atoms with Gasteiger partial charge < -0.3 is 5.73 Å². The van der Waals surface area contributed by atoms with E-state index in [2.05, 4.69) is 4.72 Å². The van der Waals surface area contributed by atoms with Gasteiger partial charge >= 0.3 is 0 Å². The van der Waals surface area contributed by atoms with E-state index in [0.717, 1.165) is 12.8 Å². The van der Waals surface area contributed by atoms with E-state index < -0.39 is 10.2 Å². The summed E-state index contributed by atoms with van der Waals surface area (Å²) in [5, 5.41) is 0. The summed E-state index contributed by atoms with van der Waals surface area (Å²) < 4.78 is 28.0. The average Bonchev–Trinajstić information content (AvgIpc) is 2.27. The lowest BCUT2D eigenvalue weighted by Crippen LogP contribution is -2.47. The predicted molar refractivity (Wildman–Crippen MR) is 65.1 cm³/mol. The van der Waals surface area contributed by atoms with E-state index in [1.54, 1.807) is 0 Å². The Morgan fingerprint density at radius 3 is 2.75 bits per heavy atom. The highest BCUT2D eigenvalue weighted by atomic mass is 32.2. The van der Waals surface area contributed by atoms with Crippen molar-refractivity contribution < 1.29 is 8.42 Å². The second-order valence-corrected chi connectivity index (χ2v) is 6.60. The molecule has 6 heteroatoms. The van der Waals surface area contributed by atoms with Crippen LogP contribution in [0.5, 0.6) is 0 Å². The van der Waals surface area contributed by atoms with Gasteiger partial charge in [-0.1, -0.05) is 13.8 Å². The zero-order valence-electron chi connectivity index (χ0n) is 10.1. The molecule has 0 aromatic rings. The Balaban J connectivity index is 2.54. The molecule has 0 bridgehead atoms. The average molecular weight is 249 g/mol. The second-order valence-electron chi connectivity index (χ2n) is 4.85. The van der Waals surface area contributed by atoms with Crippen molar-refractivity contribution in [2.45, 2.75) is 26.7 Å². The van der Waals surface area contributed by atoms with E-state index in [1.165, 1.54) is 4.31 Å². The molecule has 5 nitrogen and oxygen atoms in total. The Hall–Kier alpha value is -0.170. The van der Waals surface area contributed by atoms with Crippen molar-refractivity contribution in [3.63, 3.8) is 0 Å². The highest BCUT2D eigenvalue weighted by Crippen LogP contribution is 2.17. The van der Waals surface area contributed by atoms with Crippen molar-refractivity contribution >= 4 is 10.2 Å². The molecule has 96 valence electrons. The Morgan fingerprint density at radius 2 is 2.19 bits per heavy atom. The predicted octanol–water partition coefficient (Wildman–Crippen LogP) is 0.148. The van der Waals surface area contributed by atoms with Gasteiger partial charge in [0.05, 0.1) is 0 Å². The van der Waals surface area contributed by atoms with Gasteiger partial charge in [0, 0.05) is 19.6 Å². The van der Waals surface area contributed by atoms with Crippen LogP contribution in [0.4, 0.5) is 0 Å². The lowest BCUT2D eigenvalue weighted by Gasteiger charge is -2.31. The fourth-order valence-corrected chi connectivity index (χ4v) is 3.30. The number of nitrogens with two attached hydrogens (primary N) is 1. The van der Waals surface area contributed by atoms with Gasteiger partial charge in [0.25, 0.3) is 10.2 Å². The first-order valence-electron chi connectivity index (χ1n) is 5.90. The molecule has 1 aliphatic heterocycles. The van der Waals surface area contributed by atoms with Crippen LogP contribution in [-0.4, -0.2) is 38.9 Å². The normalized spacial score (nSPS) is 23.9. The van der Waals surface area contributed by atoms with Crippen LogP contribution in [0.3, 0.4) is 0 Å². The molecule has 1 fully saturated rings. The van der Waals surface area contributed by atoms with Crippen LogP contribution < -0.4 is 10.5 Å². The van der Waals surface area contributed by atoms with E-state index in [9.17, 15) is 8.42 Å². The summed E-state index contributed by atoms with van der Waals surface area (Å²) in [7, 11) is -3.29. The molecule has 0 aromatic carbocycles. The largest absolute Gasteiger partial charge is 0.330 e. The Morgan fingerprint density at radius 1 is 1.50 bits per heavy atom. The molecule has 0 amide bonds. The molecule has 0 spiro atoms. The van der Waals surface area contributed by atoms with Gasteiger partial charge in [0.1, 0.15) is 0 Å². The Bertz CT molecular complexity index is 303. The molecule has 1 saturated heterocycles. The minimum Gasteiger partial charge on any atom is -0.330 e. The number of rotatable bonds is 5. The summed E-state index contributed by atoms with van der Waals surface area (Å²) >= 11 is 0. The van der Waals surface area contributed by atoms with Gasteiger partial charge in [-0.05, 0) is 31.2 Å². The van der Waals surface area contributed by atoms with E-state index in [0.29, 0.717) is 38.0 Å². The molecular formula is C10H23N3O2S. The van der Waals surface area contributed by atoms with Crippen molar-refractivity contribution in [2.75, 3.05) is 26.2 Å². The first-order chi connectivity index (χ1) is 7.45. The van der Waals surface area contributed by atoms with Gasteiger partial charge in [0.2, 0.25) is 0 Å². The summed E-state index contributed by atoms with van der Waals surface area (Å²) in [6.07, 6.45) is 1.94. The third-order valence-corrected chi connectivity index (χ3v) is 4.37. The Kier molecular flexibility index (Phi) is 5.17. The topological polar surface area (TPSA) is 75.4 Å². The number of piperidine rings is 1. The second kappa shape index (κ2) is 5.95. The summed E-state index contributed by atoms with van der Waals surface area (Å²) in [6, 6.07) is 0. The van der Waals surface area contributed by atoms with Crippen LogP contribution in [0.25, 0.3) is 0 Å². The molecule has 16 heavy (non-hydrogen) atoms. The van der Waals surface area contributed by atoms with Crippen molar-refractivity contribution in [1.82, 2.24) is 9.03 Å². The van der Waals surface area contributed by atoms with E-state index in [1.807, 2.05) is 13.8 Å². The maximum absolute atomic E-state index is 11.9. The third-order valence-electron chi connectivity index (χ3n) is 2.83. The van der Waals surface area contributed by atoms with Crippen molar-refractivity contribution in [3.05, 3.63) is 0 Å². The molecule has 3 N–H and O–H groups in total. The van der Waals surface area contributed by atoms with Gasteiger partial charge in [-0.2, -0.15) is 12.7 Å². The van der Waals surface area contributed by atoms with Gasteiger partial charge in [-0.3, -0.25) is 0 Å². The van der Waals surface area contributed by atoms with Crippen molar-refractivity contribution in [3.8, 4) is 0 Å². The summed E-state index contributed by atoms with van der Waals surface area (Å²) in [4.78, 5) is 0. The maximum Gasteiger partial charge on any atom is 0.279 e. The van der Waals surface area contributed by atoms with Crippen LogP contribution in [0.15, 0.2) is 0 Å². The first kappa shape index (κ1) is 13.9. The quantitative estimate of drug-likeness (QED) is 0.728. The van der Waals surface area contributed by atoms with E-state index >= 15 is 0 Å². The highest BCUT2D eigenvalue weighted by Gasteiger charge is 2.27. The van der Waals surface area contributed by atoms with Crippen LogP contribution in [0, 0.1) is 11.8 Å². The molecular weight excluding hydrogens is 226 g/mol. The van der Waals surface area contributed by atoms with Crippen LogP contribution in [0.1, 0.15) is 26.7 Å². The minimum atomic E-state index is -3.29. The third kappa shape index (κ3) is 4.01. The highest BCUT2D eigenvalue weighted by molar-refractivity contribution is 7.87. The molecule has 1 heterocycles. The number of nitrogens with zero attached hydrogens (tertiary/aromatic N) is 1. The van der Waals surface area contributed by atoms with Gasteiger partial charge in [-0.25, -0.2) is 4.72 Å². The van der Waals surface area contributed by atoms with Crippen molar-refractivity contribution in [1.29, 1.82) is 0 Å². The smallest absolute Gasteiger partial charge is 0.279 e. The van der Waals surface area contributed by atoms with Gasteiger partial charge in [-0.15, -0.1) is 0 Å². The number of hydrogen-bond acceptors (Lipinski definition) is 3. The molecule has 1 unspecified atom stereocenters. The zero-order chi connectivity index (χ0) is 12.2. The van der Waals surface area contributed by atoms with E-state index in [-0.39, 0.29) is 0 Å². The Labute approximate surface area is 98.6 Å². The van der Waals surface area contributed by atoms with Crippen LogP contribution >= 0.6 is 0 Å². The molecule has 1 atom stereocenters. The fourth-order valence-electron chi connectivity index (χ4n) is 1.80. The van der Waals surface area contributed by atoms with E-state index in [4.69, 9.17) is 5.73 Å². The fraction of sp³-hybridized carbons (Fsp3) is 1.00. The monoisotopic (exact) mass is 249 g/mol. The molecule has 0 radical (unpaired) electrons. The molecule has 0 saturated carbocycles. The van der Waals surface area contributed by atoms with Crippen LogP contribution in [0.2, 0.25) is 0 Å². The lowest BCUT2D eigenvalue weighted by molar-refractivity contribution is 0.268. The summed E-state index contributed by atoms with van der Waals surface area (Å²) in [5.41, 5.74) is 5.59. The first-order valence-corrected chi connectivity index (χ1v) is 7.34. The minimum absolute atomic E-state index is 0.310. The SMILES string of the molecule is CC(C)CNS(=O)(=O)N1CCCC(CN)C1. The molecule has 0 aliphatic carbocycles. The van der Waals surface area contributed by atoms with Crippen LogP contribution in [-0.2, 0) is 10.2 Å². The zero-order valence-corrected chi connectivity index (χ0v) is 11.0. The summed E-state index contributed by atoms with van der Waals surface area (Å²) in [5.74, 6) is 0.634. The summed E-state index contributed by atoms with van der Waals surface area (Å²) in [6.45, 7) is 6.21. The van der Waals surface area contributed by atoms with Gasteiger partial charge in [0.15, 0.2) is 0 Å². The lowest BCUT2D eigenvalue weighted by atomic mass is 10.0. The number of nitrogens with one attached hydrogen (secondary N) is 1. The standard InChI is InChI=1S/C10H23N3O2S/c1-9(2)7-12-16(14,15)13-5-3-4-10(6-11)8-13/h9-10,12H,3-8,11H2,1-2H3. The van der Waals surface area contributed by atoms with Crippen molar-refractivity contribution in [2.24, 2.45) is 17.6 Å². The molecule has 1 rings (SSSR count).